The van der Waals surface area contributed by atoms with Gasteiger partial charge in [-0.3, -0.25) is 4.79 Å². The van der Waals surface area contributed by atoms with Crippen molar-refractivity contribution in [3.63, 3.8) is 0 Å². The molecule has 0 saturated carbocycles. The second-order valence-corrected chi connectivity index (χ2v) is 6.64. The van der Waals surface area contributed by atoms with Crippen molar-refractivity contribution in [2.45, 2.75) is 27.7 Å². The Hall–Kier alpha value is -1.10. The maximum Gasteiger partial charge on any atom is 0.228 e. The molecule has 1 aliphatic rings. The molecule has 1 aliphatic heterocycles. The summed E-state index contributed by atoms with van der Waals surface area (Å²) in [6.07, 6.45) is 0. The van der Waals surface area contributed by atoms with Crippen molar-refractivity contribution < 1.29 is 4.79 Å². The van der Waals surface area contributed by atoms with Crippen LogP contribution in [0.5, 0.6) is 0 Å². The van der Waals surface area contributed by atoms with Gasteiger partial charge in [-0.2, -0.15) is 0 Å². The van der Waals surface area contributed by atoms with Crippen LogP contribution in [0.1, 0.15) is 26.5 Å². The summed E-state index contributed by atoms with van der Waals surface area (Å²) in [6.45, 7) is 11.3. The molecule has 0 aliphatic carbocycles. The van der Waals surface area contributed by atoms with Crippen LogP contribution in [-0.2, 0) is 4.79 Å². The molecule has 1 amide bonds. The van der Waals surface area contributed by atoms with Crippen LogP contribution in [0.25, 0.3) is 0 Å². The lowest BCUT2D eigenvalue weighted by Gasteiger charge is -2.37. The molecular weight excluding hydrogens is 246 g/mol. The maximum atomic E-state index is 12.2. The first-order chi connectivity index (χ1) is 8.38. The number of anilines is 1. The standard InChI is InChI=1S/C13H21N3OS/c1-10-9-18-12(14-10)16-7-5-15(6-8-16)11(17)13(2,3)4/h9H,5-8H2,1-4H3. The Kier molecular flexibility index (Phi) is 3.61. The van der Waals surface area contributed by atoms with E-state index in [0.29, 0.717) is 0 Å². The molecule has 1 aromatic rings. The summed E-state index contributed by atoms with van der Waals surface area (Å²) in [7, 11) is 0. The molecule has 0 spiro atoms. The minimum Gasteiger partial charge on any atom is -0.345 e. The second-order valence-electron chi connectivity index (χ2n) is 5.80. The van der Waals surface area contributed by atoms with Crippen LogP contribution >= 0.6 is 11.3 Å². The summed E-state index contributed by atoms with van der Waals surface area (Å²) < 4.78 is 0. The average molecular weight is 267 g/mol. The minimum atomic E-state index is -0.278. The van der Waals surface area contributed by atoms with Crippen molar-refractivity contribution >= 4 is 22.4 Å². The van der Waals surface area contributed by atoms with Crippen molar-refractivity contribution in [3.05, 3.63) is 11.1 Å². The van der Waals surface area contributed by atoms with E-state index in [4.69, 9.17) is 0 Å². The molecule has 0 N–H and O–H groups in total. The number of piperazine rings is 1. The first kappa shape index (κ1) is 13.3. The van der Waals surface area contributed by atoms with E-state index in [1.54, 1.807) is 11.3 Å². The normalized spacial score (nSPS) is 17.1. The van der Waals surface area contributed by atoms with Crippen molar-refractivity contribution in [2.75, 3.05) is 31.1 Å². The number of carbonyl (C=O) groups is 1. The van der Waals surface area contributed by atoms with Gasteiger partial charge in [0.15, 0.2) is 5.13 Å². The lowest BCUT2D eigenvalue weighted by Crippen LogP contribution is -2.51. The van der Waals surface area contributed by atoms with Crippen LogP contribution in [0.15, 0.2) is 5.38 Å². The second kappa shape index (κ2) is 4.88. The highest BCUT2D eigenvalue weighted by Crippen LogP contribution is 2.23. The molecule has 0 atom stereocenters. The van der Waals surface area contributed by atoms with E-state index >= 15 is 0 Å². The van der Waals surface area contributed by atoms with Crippen LogP contribution < -0.4 is 4.90 Å². The van der Waals surface area contributed by atoms with Gasteiger partial charge >= 0.3 is 0 Å². The zero-order valence-corrected chi connectivity index (χ0v) is 12.4. The van der Waals surface area contributed by atoms with E-state index in [1.165, 1.54) is 0 Å². The SMILES string of the molecule is Cc1csc(N2CCN(C(=O)C(C)(C)C)CC2)n1. The third-order valence-electron chi connectivity index (χ3n) is 3.09. The van der Waals surface area contributed by atoms with Crippen LogP contribution in [0, 0.1) is 12.3 Å². The van der Waals surface area contributed by atoms with Crippen molar-refractivity contribution in [1.29, 1.82) is 0 Å². The largest absolute Gasteiger partial charge is 0.345 e. The number of hydrogen-bond donors (Lipinski definition) is 0. The Morgan fingerprint density at radius 1 is 1.28 bits per heavy atom. The number of carbonyl (C=O) groups excluding carboxylic acids is 1. The van der Waals surface area contributed by atoms with Gasteiger partial charge in [-0.05, 0) is 6.92 Å². The lowest BCUT2D eigenvalue weighted by molar-refractivity contribution is -0.139. The van der Waals surface area contributed by atoms with E-state index in [1.807, 2.05) is 32.6 Å². The Morgan fingerprint density at radius 3 is 2.33 bits per heavy atom. The highest BCUT2D eigenvalue weighted by atomic mass is 32.1. The molecule has 18 heavy (non-hydrogen) atoms. The molecule has 5 heteroatoms. The maximum absolute atomic E-state index is 12.2. The van der Waals surface area contributed by atoms with Crippen molar-refractivity contribution in [1.82, 2.24) is 9.88 Å². The summed E-state index contributed by atoms with van der Waals surface area (Å²) in [5, 5.41) is 3.15. The summed E-state index contributed by atoms with van der Waals surface area (Å²) in [4.78, 5) is 20.9. The number of hydrogen-bond acceptors (Lipinski definition) is 4. The first-order valence-electron chi connectivity index (χ1n) is 6.34. The van der Waals surface area contributed by atoms with E-state index in [2.05, 4.69) is 15.3 Å². The van der Waals surface area contributed by atoms with E-state index < -0.39 is 0 Å². The molecule has 1 fully saturated rings. The fraction of sp³-hybridized carbons (Fsp3) is 0.692. The third kappa shape index (κ3) is 2.83. The molecule has 2 heterocycles. The number of rotatable bonds is 1. The molecule has 0 aromatic carbocycles. The molecule has 0 bridgehead atoms. The van der Waals surface area contributed by atoms with Gasteiger partial charge < -0.3 is 9.80 Å². The van der Waals surface area contributed by atoms with E-state index in [-0.39, 0.29) is 11.3 Å². The van der Waals surface area contributed by atoms with Crippen LogP contribution in [-0.4, -0.2) is 42.0 Å². The number of amides is 1. The monoisotopic (exact) mass is 267 g/mol. The van der Waals surface area contributed by atoms with Crippen LogP contribution in [0.4, 0.5) is 5.13 Å². The van der Waals surface area contributed by atoms with Crippen LogP contribution in [0.3, 0.4) is 0 Å². The molecule has 0 radical (unpaired) electrons. The van der Waals surface area contributed by atoms with Gasteiger partial charge in [-0.1, -0.05) is 20.8 Å². The smallest absolute Gasteiger partial charge is 0.228 e. The van der Waals surface area contributed by atoms with Gasteiger partial charge in [0.2, 0.25) is 5.91 Å². The minimum absolute atomic E-state index is 0.248. The van der Waals surface area contributed by atoms with Gasteiger partial charge in [0.05, 0.1) is 5.69 Å². The number of thiazole rings is 1. The topological polar surface area (TPSA) is 36.4 Å². The summed E-state index contributed by atoms with van der Waals surface area (Å²) in [5.41, 5.74) is 0.795. The molecule has 1 saturated heterocycles. The van der Waals surface area contributed by atoms with Gasteiger partial charge in [-0.15, -0.1) is 11.3 Å². The Balaban J connectivity index is 1.94. The number of aromatic nitrogens is 1. The molecule has 4 nitrogen and oxygen atoms in total. The Bertz CT molecular complexity index is 428. The number of nitrogens with zero attached hydrogens (tertiary/aromatic N) is 3. The fourth-order valence-corrected chi connectivity index (χ4v) is 2.92. The fourth-order valence-electron chi connectivity index (χ4n) is 2.06. The van der Waals surface area contributed by atoms with Gasteiger partial charge in [0.25, 0.3) is 0 Å². The predicted octanol–water partition coefficient (Wildman–Crippen LogP) is 2.15. The first-order valence-corrected chi connectivity index (χ1v) is 7.22. The molecule has 100 valence electrons. The summed E-state index contributed by atoms with van der Waals surface area (Å²) in [6, 6.07) is 0. The predicted molar refractivity (Wildman–Crippen MR) is 75.1 cm³/mol. The van der Waals surface area contributed by atoms with E-state index in [9.17, 15) is 4.79 Å². The van der Waals surface area contributed by atoms with Gasteiger partial charge in [0.1, 0.15) is 0 Å². The highest BCUT2D eigenvalue weighted by Gasteiger charge is 2.30. The lowest BCUT2D eigenvalue weighted by atomic mass is 9.94. The van der Waals surface area contributed by atoms with Gasteiger partial charge in [0, 0.05) is 37.0 Å². The molecule has 2 rings (SSSR count). The molecular formula is C13H21N3OS. The number of aryl methyl sites for hydroxylation is 1. The Labute approximate surface area is 113 Å². The summed E-state index contributed by atoms with van der Waals surface area (Å²) >= 11 is 1.68. The Morgan fingerprint density at radius 2 is 1.89 bits per heavy atom. The third-order valence-corrected chi connectivity index (χ3v) is 4.11. The summed E-state index contributed by atoms with van der Waals surface area (Å²) in [5.74, 6) is 0.248. The van der Waals surface area contributed by atoms with E-state index in [0.717, 1.165) is 37.0 Å². The van der Waals surface area contributed by atoms with Crippen molar-refractivity contribution in [2.24, 2.45) is 5.41 Å². The average Bonchev–Trinajstić information content (AvgIpc) is 2.74. The quantitative estimate of drug-likeness (QED) is 0.782. The molecule has 0 unspecified atom stereocenters. The van der Waals surface area contributed by atoms with Gasteiger partial charge in [-0.25, -0.2) is 4.98 Å². The van der Waals surface area contributed by atoms with Crippen molar-refractivity contribution in [3.8, 4) is 0 Å². The highest BCUT2D eigenvalue weighted by molar-refractivity contribution is 7.13. The van der Waals surface area contributed by atoms with Crippen LogP contribution in [0.2, 0.25) is 0 Å². The zero-order chi connectivity index (χ0) is 13.3. The zero-order valence-electron chi connectivity index (χ0n) is 11.6. The molecule has 1 aromatic heterocycles.